The van der Waals surface area contributed by atoms with E-state index >= 15 is 0 Å². The van der Waals surface area contributed by atoms with Crippen LogP contribution in [-0.4, -0.2) is 29.0 Å². The molecule has 23 heavy (non-hydrogen) atoms. The molecule has 2 aromatic carbocycles. The standard InChI is InChI=1S/C19H22O3S/c20-17(11-12-23-19-9-5-2-6-10-19)13-18(21)15-22-14-16-7-3-1-4-8-16/h1-12,17-18,20-21H,13-15H2/b12-11+/t17-,18+/m1/s1. The minimum absolute atomic E-state index is 0.214. The van der Waals surface area contributed by atoms with Gasteiger partial charge in [-0.1, -0.05) is 60.3 Å². The molecule has 4 heteroatoms. The zero-order valence-corrected chi connectivity index (χ0v) is 13.7. The second kappa shape index (κ2) is 10.2. The second-order valence-electron chi connectivity index (χ2n) is 5.22. The number of aliphatic hydroxyl groups is 2. The van der Waals surface area contributed by atoms with Crippen molar-refractivity contribution >= 4 is 11.8 Å². The lowest BCUT2D eigenvalue weighted by molar-refractivity contribution is 0.00842. The number of aliphatic hydroxyl groups excluding tert-OH is 2. The predicted octanol–water partition coefficient (Wildman–Crippen LogP) is 3.62. The number of hydrogen-bond donors (Lipinski definition) is 2. The van der Waals surface area contributed by atoms with E-state index in [4.69, 9.17) is 4.74 Å². The van der Waals surface area contributed by atoms with Crippen LogP contribution in [0.3, 0.4) is 0 Å². The predicted molar refractivity (Wildman–Crippen MR) is 94.2 cm³/mol. The summed E-state index contributed by atoms with van der Waals surface area (Å²) >= 11 is 1.54. The van der Waals surface area contributed by atoms with Crippen molar-refractivity contribution < 1.29 is 14.9 Å². The third kappa shape index (κ3) is 7.48. The third-order valence-electron chi connectivity index (χ3n) is 3.18. The first-order valence-corrected chi connectivity index (χ1v) is 8.48. The number of ether oxygens (including phenoxy) is 1. The molecule has 0 fully saturated rings. The summed E-state index contributed by atoms with van der Waals surface area (Å²) in [7, 11) is 0. The molecule has 0 spiro atoms. The summed E-state index contributed by atoms with van der Waals surface area (Å²) in [5, 5.41) is 21.6. The van der Waals surface area contributed by atoms with Crippen LogP contribution in [0.4, 0.5) is 0 Å². The molecule has 2 aromatic rings. The summed E-state index contributed by atoms with van der Waals surface area (Å²) in [5.74, 6) is 0. The van der Waals surface area contributed by atoms with E-state index in [2.05, 4.69) is 0 Å². The van der Waals surface area contributed by atoms with E-state index in [9.17, 15) is 10.2 Å². The van der Waals surface area contributed by atoms with Crippen molar-refractivity contribution in [2.45, 2.75) is 30.1 Å². The maximum absolute atomic E-state index is 9.90. The number of benzene rings is 2. The maximum atomic E-state index is 9.90. The summed E-state index contributed by atoms with van der Waals surface area (Å²) in [6, 6.07) is 19.7. The van der Waals surface area contributed by atoms with Gasteiger partial charge in [0, 0.05) is 11.3 Å². The van der Waals surface area contributed by atoms with Gasteiger partial charge in [-0.2, -0.15) is 0 Å². The van der Waals surface area contributed by atoms with Crippen LogP contribution in [-0.2, 0) is 11.3 Å². The van der Waals surface area contributed by atoms with Gasteiger partial charge in [0.25, 0.3) is 0 Å². The molecule has 0 saturated heterocycles. The fourth-order valence-electron chi connectivity index (χ4n) is 2.02. The Balaban J connectivity index is 1.63. The molecule has 0 aromatic heterocycles. The quantitative estimate of drug-likeness (QED) is 0.690. The van der Waals surface area contributed by atoms with Gasteiger partial charge in [-0.3, -0.25) is 0 Å². The van der Waals surface area contributed by atoms with Gasteiger partial charge in [-0.25, -0.2) is 0 Å². The Morgan fingerprint density at radius 2 is 1.61 bits per heavy atom. The fourth-order valence-corrected chi connectivity index (χ4v) is 2.75. The van der Waals surface area contributed by atoms with Crippen LogP contribution in [0.5, 0.6) is 0 Å². The van der Waals surface area contributed by atoms with Crippen LogP contribution < -0.4 is 0 Å². The lowest BCUT2D eigenvalue weighted by atomic mass is 10.1. The molecule has 0 aliphatic carbocycles. The molecule has 2 rings (SSSR count). The Morgan fingerprint density at radius 3 is 2.30 bits per heavy atom. The van der Waals surface area contributed by atoms with Crippen LogP contribution in [0.2, 0.25) is 0 Å². The minimum Gasteiger partial charge on any atom is -0.391 e. The zero-order valence-electron chi connectivity index (χ0n) is 12.9. The Labute approximate surface area is 141 Å². The van der Waals surface area contributed by atoms with Crippen LogP contribution in [0.15, 0.2) is 77.0 Å². The summed E-state index contributed by atoms with van der Waals surface area (Å²) < 4.78 is 5.47. The molecule has 0 heterocycles. The third-order valence-corrected chi connectivity index (χ3v) is 4.02. The number of thioether (sulfide) groups is 1. The molecular formula is C19H22O3S. The molecule has 122 valence electrons. The SMILES string of the molecule is O[C@H](COCc1ccccc1)C[C@H](O)/C=C/Sc1ccccc1. The van der Waals surface area contributed by atoms with Crippen molar-refractivity contribution in [2.75, 3.05) is 6.61 Å². The number of rotatable bonds is 9. The van der Waals surface area contributed by atoms with E-state index in [1.54, 1.807) is 6.08 Å². The molecule has 2 atom stereocenters. The molecule has 0 unspecified atom stereocenters. The van der Waals surface area contributed by atoms with Gasteiger partial charge in [0.1, 0.15) is 0 Å². The molecule has 0 bridgehead atoms. The van der Waals surface area contributed by atoms with E-state index < -0.39 is 12.2 Å². The second-order valence-corrected chi connectivity index (χ2v) is 6.20. The van der Waals surface area contributed by atoms with Gasteiger partial charge >= 0.3 is 0 Å². The monoisotopic (exact) mass is 330 g/mol. The minimum atomic E-state index is -0.680. The first-order chi connectivity index (χ1) is 11.2. The van der Waals surface area contributed by atoms with Gasteiger partial charge in [0.2, 0.25) is 0 Å². The molecular weight excluding hydrogens is 308 g/mol. The van der Waals surface area contributed by atoms with Crippen molar-refractivity contribution in [3.8, 4) is 0 Å². The van der Waals surface area contributed by atoms with Crippen LogP contribution in [0.25, 0.3) is 0 Å². The Bertz CT molecular complexity index is 572. The summed E-state index contributed by atoms with van der Waals surface area (Å²) in [6.07, 6.45) is 0.597. The van der Waals surface area contributed by atoms with Crippen LogP contribution >= 0.6 is 11.8 Å². The Hall–Kier alpha value is -1.59. The number of hydrogen-bond acceptors (Lipinski definition) is 4. The van der Waals surface area contributed by atoms with Crippen molar-refractivity contribution in [1.29, 1.82) is 0 Å². The van der Waals surface area contributed by atoms with Gasteiger partial charge < -0.3 is 14.9 Å². The van der Waals surface area contributed by atoms with Crippen LogP contribution in [0, 0.1) is 0 Å². The first-order valence-electron chi connectivity index (χ1n) is 7.60. The highest BCUT2D eigenvalue weighted by atomic mass is 32.2. The smallest absolute Gasteiger partial charge is 0.0801 e. The normalized spacial score (nSPS) is 14.0. The maximum Gasteiger partial charge on any atom is 0.0801 e. The molecule has 0 radical (unpaired) electrons. The van der Waals surface area contributed by atoms with Crippen molar-refractivity contribution in [3.63, 3.8) is 0 Å². The molecule has 3 nitrogen and oxygen atoms in total. The largest absolute Gasteiger partial charge is 0.391 e. The first kappa shape index (κ1) is 17.8. The van der Waals surface area contributed by atoms with Gasteiger partial charge in [-0.15, -0.1) is 0 Å². The van der Waals surface area contributed by atoms with Crippen molar-refractivity contribution in [3.05, 3.63) is 77.7 Å². The average molecular weight is 330 g/mol. The van der Waals surface area contributed by atoms with Crippen molar-refractivity contribution in [2.24, 2.45) is 0 Å². The Kier molecular flexibility index (Phi) is 7.90. The molecule has 0 aliphatic heterocycles. The summed E-state index contributed by atoms with van der Waals surface area (Å²) in [6.45, 7) is 0.680. The van der Waals surface area contributed by atoms with E-state index in [1.807, 2.05) is 66.1 Å². The van der Waals surface area contributed by atoms with E-state index in [0.29, 0.717) is 6.61 Å². The topological polar surface area (TPSA) is 49.7 Å². The van der Waals surface area contributed by atoms with E-state index in [-0.39, 0.29) is 13.0 Å². The zero-order chi connectivity index (χ0) is 16.3. The highest BCUT2D eigenvalue weighted by molar-refractivity contribution is 8.02. The van der Waals surface area contributed by atoms with Gasteiger partial charge in [0.15, 0.2) is 0 Å². The van der Waals surface area contributed by atoms with Crippen molar-refractivity contribution in [1.82, 2.24) is 0 Å². The molecule has 0 aliphatic rings. The van der Waals surface area contributed by atoms with E-state index in [0.717, 1.165) is 10.5 Å². The lowest BCUT2D eigenvalue weighted by Crippen LogP contribution is -2.21. The average Bonchev–Trinajstić information content (AvgIpc) is 2.57. The summed E-state index contributed by atoms with van der Waals surface area (Å²) in [4.78, 5) is 1.11. The van der Waals surface area contributed by atoms with E-state index in [1.165, 1.54) is 11.8 Å². The molecule has 0 saturated carbocycles. The Morgan fingerprint density at radius 1 is 0.957 bits per heavy atom. The van der Waals surface area contributed by atoms with Gasteiger partial charge in [-0.05, 0) is 29.2 Å². The fraction of sp³-hybridized carbons (Fsp3) is 0.263. The summed E-state index contributed by atoms with van der Waals surface area (Å²) in [5.41, 5.74) is 1.07. The van der Waals surface area contributed by atoms with Crippen LogP contribution in [0.1, 0.15) is 12.0 Å². The van der Waals surface area contributed by atoms with Gasteiger partial charge in [0.05, 0.1) is 25.4 Å². The molecule has 0 amide bonds. The lowest BCUT2D eigenvalue weighted by Gasteiger charge is -2.13. The molecule has 2 N–H and O–H groups in total. The highest BCUT2D eigenvalue weighted by Gasteiger charge is 2.09. The highest BCUT2D eigenvalue weighted by Crippen LogP contribution is 2.18.